The molecule has 1 aliphatic rings. The lowest BCUT2D eigenvalue weighted by Crippen LogP contribution is -2.61. The smallest absolute Gasteiger partial charge is 0.240 e. The molecule has 128 valence electrons. The van der Waals surface area contributed by atoms with Gasteiger partial charge in [0.15, 0.2) is 0 Å². The number of nitrogens with zero attached hydrogens (tertiary/aromatic N) is 3. The first-order valence-electron chi connectivity index (χ1n) is 7.38. The molecule has 3 rings (SSSR count). The molecule has 1 fully saturated rings. The third kappa shape index (κ3) is 3.50. The van der Waals surface area contributed by atoms with Crippen molar-refractivity contribution in [2.24, 2.45) is 0 Å². The Morgan fingerprint density at radius 2 is 2.25 bits per heavy atom. The van der Waals surface area contributed by atoms with Gasteiger partial charge in [-0.1, -0.05) is 23.4 Å². The van der Waals surface area contributed by atoms with Gasteiger partial charge in [0.05, 0.1) is 28.2 Å². The van der Waals surface area contributed by atoms with Gasteiger partial charge in [-0.2, -0.15) is 0 Å². The number of nitrogens with one attached hydrogen (secondary N) is 1. The first-order valence-corrected chi connectivity index (χ1v) is 9.56. The number of thiophene rings is 1. The minimum atomic E-state index is -0.411. The second-order valence-corrected chi connectivity index (χ2v) is 8.85. The zero-order valence-electron chi connectivity index (χ0n) is 13.6. The van der Waals surface area contributed by atoms with Crippen molar-refractivity contribution >= 4 is 56.7 Å². The molecular weight excluding hydrogens is 368 g/mol. The topological polar surface area (TPSA) is 75.2 Å². The molecule has 9 heteroatoms. The van der Waals surface area contributed by atoms with E-state index in [0.717, 1.165) is 15.1 Å². The SMILES string of the molecule is Cc1sc2ncnc(SCC(=O)N3CC(=O)NC(C)(C)C3)c2c1Cl. The van der Waals surface area contributed by atoms with Gasteiger partial charge >= 0.3 is 0 Å². The van der Waals surface area contributed by atoms with Crippen molar-refractivity contribution in [2.75, 3.05) is 18.8 Å². The van der Waals surface area contributed by atoms with Crippen molar-refractivity contribution in [3.63, 3.8) is 0 Å². The molecule has 0 aromatic carbocycles. The Bertz CT molecular complexity index is 821. The summed E-state index contributed by atoms with van der Waals surface area (Å²) in [6.45, 7) is 6.33. The number of hydrogen-bond acceptors (Lipinski definition) is 6. The number of fused-ring (bicyclic) bond motifs is 1. The van der Waals surface area contributed by atoms with E-state index in [2.05, 4.69) is 15.3 Å². The van der Waals surface area contributed by atoms with Crippen molar-refractivity contribution in [1.29, 1.82) is 0 Å². The van der Waals surface area contributed by atoms with E-state index >= 15 is 0 Å². The number of halogens is 1. The quantitative estimate of drug-likeness (QED) is 0.650. The molecule has 0 saturated carbocycles. The highest BCUT2D eigenvalue weighted by Gasteiger charge is 2.32. The summed E-state index contributed by atoms with van der Waals surface area (Å²) in [6.07, 6.45) is 1.48. The predicted molar refractivity (Wildman–Crippen MR) is 96.7 cm³/mol. The van der Waals surface area contributed by atoms with Crippen LogP contribution in [0, 0.1) is 6.92 Å². The summed E-state index contributed by atoms with van der Waals surface area (Å²) in [6, 6.07) is 0. The molecule has 2 amide bonds. The van der Waals surface area contributed by atoms with Crippen LogP contribution in [-0.4, -0.2) is 51.1 Å². The Hall–Kier alpha value is -1.38. The van der Waals surface area contributed by atoms with Crippen molar-refractivity contribution in [3.05, 3.63) is 16.2 Å². The maximum Gasteiger partial charge on any atom is 0.240 e. The van der Waals surface area contributed by atoms with E-state index in [4.69, 9.17) is 11.6 Å². The van der Waals surface area contributed by atoms with Crippen LogP contribution in [-0.2, 0) is 9.59 Å². The number of amides is 2. The fraction of sp³-hybridized carbons (Fsp3) is 0.467. The van der Waals surface area contributed by atoms with Crippen LogP contribution in [0.3, 0.4) is 0 Å². The van der Waals surface area contributed by atoms with Crippen molar-refractivity contribution < 1.29 is 9.59 Å². The highest BCUT2D eigenvalue weighted by atomic mass is 35.5. The summed E-state index contributed by atoms with van der Waals surface area (Å²) in [5.74, 6) is -0.0102. The molecule has 0 unspecified atom stereocenters. The molecule has 6 nitrogen and oxygen atoms in total. The number of rotatable bonds is 3. The molecule has 1 aliphatic heterocycles. The number of aryl methyl sites for hydroxylation is 1. The molecule has 3 heterocycles. The van der Waals surface area contributed by atoms with Crippen LogP contribution in [0.25, 0.3) is 10.2 Å². The van der Waals surface area contributed by atoms with E-state index in [1.165, 1.54) is 29.4 Å². The second kappa shape index (κ2) is 6.50. The molecule has 2 aromatic heterocycles. The third-order valence-corrected chi connectivity index (χ3v) is 6.21. The summed E-state index contributed by atoms with van der Waals surface area (Å²) in [7, 11) is 0. The third-order valence-electron chi connectivity index (χ3n) is 3.64. The van der Waals surface area contributed by atoms with Crippen molar-refractivity contribution in [1.82, 2.24) is 20.2 Å². The first kappa shape index (κ1) is 17.4. The molecule has 0 aliphatic carbocycles. The molecule has 24 heavy (non-hydrogen) atoms. The van der Waals surface area contributed by atoms with Gasteiger partial charge < -0.3 is 10.2 Å². The molecule has 0 spiro atoms. The summed E-state index contributed by atoms with van der Waals surface area (Å²) >= 11 is 9.18. The van der Waals surface area contributed by atoms with Crippen LogP contribution in [0.2, 0.25) is 5.02 Å². The maximum absolute atomic E-state index is 12.5. The van der Waals surface area contributed by atoms with E-state index in [1.807, 2.05) is 20.8 Å². The van der Waals surface area contributed by atoms with Crippen LogP contribution >= 0.6 is 34.7 Å². The van der Waals surface area contributed by atoms with Crippen LogP contribution in [0.1, 0.15) is 18.7 Å². The minimum absolute atomic E-state index is 0.0854. The molecule has 1 N–H and O–H groups in total. The second-order valence-electron chi connectivity index (χ2n) is 6.30. The normalized spacial score (nSPS) is 17.2. The van der Waals surface area contributed by atoms with Crippen LogP contribution in [0.5, 0.6) is 0 Å². The standard InChI is InChI=1S/C15H17ClN4O2S2/c1-8-12(16)11-13(17-7-18-14(11)24-8)23-5-10(22)20-4-9(21)19-15(2,3)6-20/h7H,4-6H2,1-3H3,(H,19,21). The maximum atomic E-state index is 12.5. The number of thioether (sulfide) groups is 1. The Labute approximate surface area is 153 Å². The van der Waals surface area contributed by atoms with E-state index < -0.39 is 5.54 Å². The van der Waals surface area contributed by atoms with Crippen molar-refractivity contribution in [2.45, 2.75) is 31.3 Å². The van der Waals surface area contributed by atoms with Gasteiger partial charge in [-0.25, -0.2) is 9.97 Å². The van der Waals surface area contributed by atoms with E-state index in [-0.39, 0.29) is 24.1 Å². The Morgan fingerprint density at radius 1 is 1.50 bits per heavy atom. The number of aromatic nitrogens is 2. The van der Waals surface area contributed by atoms with Gasteiger partial charge in [0.25, 0.3) is 0 Å². The lowest BCUT2D eigenvalue weighted by molar-refractivity contribution is -0.139. The summed E-state index contributed by atoms with van der Waals surface area (Å²) in [4.78, 5) is 36.1. The Morgan fingerprint density at radius 3 is 2.96 bits per heavy atom. The van der Waals surface area contributed by atoms with Gasteiger partial charge in [0, 0.05) is 11.4 Å². The fourth-order valence-electron chi connectivity index (χ4n) is 2.66. The van der Waals surface area contributed by atoms with Gasteiger partial charge in [-0.3, -0.25) is 9.59 Å². The number of carbonyl (C=O) groups excluding carboxylic acids is 2. The summed E-state index contributed by atoms with van der Waals surface area (Å²) < 4.78 is 0. The highest BCUT2D eigenvalue weighted by molar-refractivity contribution is 8.00. The summed E-state index contributed by atoms with van der Waals surface area (Å²) in [5, 5.41) is 5.01. The van der Waals surface area contributed by atoms with Gasteiger partial charge in [-0.05, 0) is 20.8 Å². The average molecular weight is 385 g/mol. The molecule has 1 saturated heterocycles. The lowest BCUT2D eigenvalue weighted by Gasteiger charge is -2.38. The lowest BCUT2D eigenvalue weighted by atomic mass is 10.0. The average Bonchev–Trinajstić information content (AvgIpc) is 2.78. The zero-order valence-corrected chi connectivity index (χ0v) is 15.9. The molecule has 0 bridgehead atoms. The van der Waals surface area contributed by atoms with Gasteiger partial charge in [0.1, 0.15) is 16.2 Å². The van der Waals surface area contributed by atoms with Gasteiger partial charge in [-0.15, -0.1) is 11.3 Å². The first-order chi connectivity index (χ1) is 11.3. The Kier molecular flexibility index (Phi) is 4.72. The molecule has 0 radical (unpaired) electrons. The van der Waals surface area contributed by atoms with Crippen molar-refractivity contribution in [3.8, 4) is 0 Å². The largest absolute Gasteiger partial charge is 0.348 e. The number of carbonyl (C=O) groups is 2. The van der Waals surface area contributed by atoms with Crippen LogP contribution in [0.15, 0.2) is 11.4 Å². The van der Waals surface area contributed by atoms with Crippen LogP contribution in [0.4, 0.5) is 0 Å². The van der Waals surface area contributed by atoms with E-state index in [1.54, 1.807) is 4.90 Å². The molecule has 2 aromatic rings. The molecular formula is C15H17ClN4O2S2. The van der Waals surface area contributed by atoms with Crippen LogP contribution < -0.4 is 5.32 Å². The minimum Gasteiger partial charge on any atom is -0.348 e. The Balaban J connectivity index is 1.74. The van der Waals surface area contributed by atoms with E-state index in [0.29, 0.717) is 16.6 Å². The van der Waals surface area contributed by atoms with E-state index in [9.17, 15) is 9.59 Å². The van der Waals surface area contributed by atoms with Gasteiger partial charge in [0.2, 0.25) is 11.8 Å². The molecule has 0 atom stereocenters. The number of hydrogen-bond donors (Lipinski definition) is 1. The fourth-order valence-corrected chi connectivity index (χ4v) is 4.92. The summed E-state index contributed by atoms with van der Waals surface area (Å²) in [5.41, 5.74) is -0.411. The monoisotopic (exact) mass is 384 g/mol. The highest BCUT2D eigenvalue weighted by Crippen LogP contribution is 2.38. The zero-order chi connectivity index (χ0) is 17.5. The predicted octanol–water partition coefficient (Wildman–Crippen LogP) is 2.48. The number of piperazine rings is 1.